The molecule has 10 nitrogen and oxygen atoms in total. The van der Waals surface area contributed by atoms with E-state index in [1.54, 1.807) is 10.7 Å². The van der Waals surface area contributed by atoms with E-state index in [4.69, 9.17) is 4.74 Å². The Morgan fingerprint density at radius 3 is 2.62 bits per heavy atom. The molecule has 0 aliphatic rings. The highest BCUT2D eigenvalue weighted by Gasteiger charge is 2.18. The number of nitrogens with one attached hydrogen (secondary N) is 1. The van der Waals surface area contributed by atoms with Crippen LogP contribution in [-0.4, -0.2) is 54.8 Å². The normalized spacial score (nSPS) is 11.0. The standard InChI is InChI=1S/C24H22N8O2/c1-16-13-22(32-21(26-16)11-12-25-32)31(15-23(33)34-2)14-17-7-9-18(10-8-17)19-5-3-4-6-20(19)24-27-29-30-28-24/h3-13H,14-15H2,1-2H3,(H,27,28,29,30). The Bertz CT molecular complexity index is 1430. The summed E-state index contributed by atoms with van der Waals surface area (Å²) in [5, 5.41) is 18.6. The van der Waals surface area contributed by atoms with Gasteiger partial charge in [-0.3, -0.25) is 4.79 Å². The first-order valence-electron chi connectivity index (χ1n) is 10.7. The number of esters is 1. The molecule has 10 heteroatoms. The van der Waals surface area contributed by atoms with Crippen LogP contribution < -0.4 is 4.90 Å². The van der Waals surface area contributed by atoms with Crippen molar-refractivity contribution in [2.24, 2.45) is 0 Å². The highest BCUT2D eigenvalue weighted by atomic mass is 16.5. The zero-order valence-electron chi connectivity index (χ0n) is 18.7. The molecule has 3 heterocycles. The van der Waals surface area contributed by atoms with Gasteiger partial charge in [0.05, 0.1) is 13.3 Å². The van der Waals surface area contributed by atoms with Gasteiger partial charge in [-0.05, 0) is 34.0 Å². The van der Waals surface area contributed by atoms with Gasteiger partial charge >= 0.3 is 5.97 Å². The van der Waals surface area contributed by atoms with Crippen LogP contribution in [0.25, 0.3) is 28.2 Å². The smallest absolute Gasteiger partial charge is 0.325 e. The van der Waals surface area contributed by atoms with E-state index in [0.29, 0.717) is 12.4 Å². The third-order valence-corrected chi connectivity index (χ3v) is 5.51. The SMILES string of the molecule is COC(=O)CN(Cc1ccc(-c2ccccc2-c2nnn[nH]2)cc1)c1cc(C)nc2ccnn12. The van der Waals surface area contributed by atoms with Crippen molar-refractivity contribution in [2.45, 2.75) is 13.5 Å². The summed E-state index contributed by atoms with van der Waals surface area (Å²) in [4.78, 5) is 18.6. The summed E-state index contributed by atoms with van der Waals surface area (Å²) < 4.78 is 6.67. The number of nitrogens with zero attached hydrogens (tertiary/aromatic N) is 7. The number of rotatable bonds is 7. The first-order chi connectivity index (χ1) is 16.6. The second-order valence-corrected chi connectivity index (χ2v) is 7.78. The molecular formula is C24H22N8O2. The quantitative estimate of drug-likeness (QED) is 0.373. The van der Waals surface area contributed by atoms with Gasteiger partial charge in [0.1, 0.15) is 12.4 Å². The molecule has 3 aromatic heterocycles. The van der Waals surface area contributed by atoms with Gasteiger partial charge < -0.3 is 9.64 Å². The lowest BCUT2D eigenvalue weighted by Crippen LogP contribution is -2.32. The number of aromatic nitrogens is 7. The van der Waals surface area contributed by atoms with Gasteiger partial charge in [-0.1, -0.05) is 48.5 Å². The molecule has 0 aliphatic carbocycles. The van der Waals surface area contributed by atoms with Crippen LogP contribution in [0.1, 0.15) is 11.3 Å². The van der Waals surface area contributed by atoms with Crippen molar-refractivity contribution in [3.05, 3.63) is 78.1 Å². The minimum absolute atomic E-state index is 0.0813. The summed E-state index contributed by atoms with van der Waals surface area (Å²) in [6, 6.07) is 19.9. The van der Waals surface area contributed by atoms with E-state index in [1.807, 2.05) is 60.4 Å². The van der Waals surface area contributed by atoms with Crippen molar-refractivity contribution in [3.8, 4) is 22.5 Å². The third-order valence-electron chi connectivity index (χ3n) is 5.51. The first kappa shape index (κ1) is 21.3. The molecule has 170 valence electrons. The Balaban J connectivity index is 1.47. The summed E-state index contributed by atoms with van der Waals surface area (Å²) in [6.07, 6.45) is 1.69. The molecule has 0 bridgehead atoms. The number of tetrazole rings is 1. The van der Waals surface area contributed by atoms with Crippen LogP contribution in [0, 0.1) is 6.92 Å². The lowest BCUT2D eigenvalue weighted by molar-refractivity contribution is -0.139. The molecule has 0 saturated carbocycles. The van der Waals surface area contributed by atoms with E-state index >= 15 is 0 Å². The predicted molar refractivity (Wildman–Crippen MR) is 126 cm³/mol. The Hall–Kier alpha value is -4.60. The first-order valence-corrected chi connectivity index (χ1v) is 10.7. The van der Waals surface area contributed by atoms with Gasteiger partial charge in [0.25, 0.3) is 0 Å². The lowest BCUT2D eigenvalue weighted by atomic mass is 9.98. The van der Waals surface area contributed by atoms with Crippen molar-refractivity contribution >= 4 is 17.4 Å². The monoisotopic (exact) mass is 454 g/mol. The predicted octanol–water partition coefficient (Wildman–Crippen LogP) is 3.06. The maximum atomic E-state index is 12.2. The van der Waals surface area contributed by atoms with Crippen LogP contribution >= 0.6 is 0 Å². The zero-order chi connectivity index (χ0) is 23.5. The van der Waals surface area contributed by atoms with Crippen LogP contribution in [0.15, 0.2) is 66.9 Å². The zero-order valence-corrected chi connectivity index (χ0v) is 18.7. The average Bonchev–Trinajstić information content (AvgIpc) is 3.56. The number of carbonyl (C=O) groups excluding carboxylic acids is 1. The van der Waals surface area contributed by atoms with Crippen LogP contribution in [0.3, 0.4) is 0 Å². The number of H-pyrrole nitrogens is 1. The summed E-state index contributed by atoms with van der Waals surface area (Å²) in [7, 11) is 1.39. The van der Waals surface area contributed by atoms with Gasteiger partial charge in [-0.2, -0.15) is 9.61 Å². The Morgan fingerprint density at radius 2 is 1.88 bits per heavy atom. The number of ether oxygens (including phenoxy) is 1. The van der Waals surface area contributed by atoms with Crippen molar-refractivity contribution in [1.29, 1.82) is 0 Å². The Morgan fingerprint density at radius 1 is 1.09 bits per heavy atom. The van der Waals surface area contributed by atoms with Gasteiger partial charge in [-0.25, -0.2) is 10.1 Å². The second kappa shape index (κ2) is 9.10. The molecule has 0 fully saturated rings. The van der Waals surface area contributed by atoms with Gasteiger partial charge in [0, 0.05) is 29.9 Å². The van der Waals surface area contributed by atoms with Crippen LogP contribution in [-0.2, 0) is 16.1 Å². The third kappa shape index (κ3) is 4.20. The van der Waals surface area contributed by atoms with Crippen LogP contribution in [0.2, 0.25) is 0 Å². The van der Waals surface area contributed by atoms with Crippen molar-refractivity contribution in [1.82, 2.24) is 35.2 Å². The fraction of sp³-hybridized carbons (Fsp3) is 0.167. The van der Waals surface area contributed by atoms with E-state index in [1.165, 1.54) is 7.11 Å². The molecule has 0 unspecified atom stereocenters. The Kier molecular flexibility index (Phi) is 5.69. The summed E-state index contributed by atoms with van der Waals surface area (Å²) in [5.74, 6) is 1.05. The fourth-order valence-electron chi connectivity index (χ4n) is 3.91. The number of carbonyl (C=O) groups is 1. The second-order valence-electron chi connectivity index (χ2n) is 7.78. The molecule has 0 amide bonds. The lowest BCUT2D eigenvalue weighted by Gasteiger charge is -2.24. The van der Waals surface area contributed by atoms with E-state index in [9.17, 15) is 4.79 Å². The number of fused-ring (bicyclic) bond motifs is 1. The molecule has 0 saturated heterocycles. The summed E-state index contributed by atoms with van der Waals surface area (Å²) in [6.45, 7) is 2.49. The highest BCUT2D eigenvalue weighted by Crippen LogP contribution is 2.30. The van der Waals surface area contributed by atoms with Gasteiger partial charge in [-0.15, -0.1) is 5.10 Å². The van der Waals surface area contributed by atoms with E-state index < -0.39 is 0 Å². The minimum atomic E-state index is -0.332. The van der Waals surface area contributed by atoms with Crippen molar-refractivity contribution in [2.75, 3.05) is 18.6 Å². The number of aryl methyl sites for hydroxylation is 1. The number of benzene rings is 2. The molecule has 2 aromatic carbocycles. The van der Waals surface area contributed by atoms with E-state index in [0.717, 1.165) is 39.4 Å². The molecule has 0 spiro atoms. The maximum Gasteiger partial charge on any atom is 0.325 e. The summed E-state index contributed by atoms with van der Waals surface area (Å²) >= 11 is 0. The van der Waals surface area contributed by atoms with Gasteiger partial charge in [0.15, 0.2) is 11.5 Å². The molecule has 0 atom stereocenters. The Labute approximate surface area is 195 Å². The van der Waals surface area contributed by atoms with E-state index in [-0.39, 0.29) is 12.5 Å². The van der Waals surface area contributed by atoms with Crippen molar-refractivity contribution in [3.63, 3.8) is 0 Å². The number of hydrogen-bond donors (Lipinski definition) is 1. The topological polar surface area (TPSA) is 114 Å². The number of aromatic amines is 1. The number of anilines is 1. The van der Waals surface area contributed by atoms with E-state index in [2.05, 4.69) is 42.8 Å². The molecular weight excluding hydrogens is 432 g/mol. The fourth-order valence-corrected chi connectivity index (χ4v) is 3.91. The molecule has 5 aromatic rings. The number of methoxy groups -OCH3 is 1. The maximum absolute atomic E-state index is 12.2. The molecule has 5 rings (SSSR count). The average molecular weight is 454 g/mol. The molecule has 0 aliphatic heterocycles. The highest BCUT2D eigenvalue weighted by molar-refractivity contribution is 5.80. The van der Waals surface area contributed by atoms with Gasteiger partial charge in [0.2, 0.25) is 0 Å². The number of hydrogen-bond acceptors (Lipinski definition) is 8. The largest absolute Gasteiger partial charge is 0.468 e. The van der Waals surface area contributed by atoms with Crippen molar-refractivity contribution < 1.29 is 9.53 Å². The molecule has 34 heavy (non-hydrogen) atoms. The van der Waals surface area contributed by atoms with Crippen LogP contribution in [0.5, 0.6) is 0 Å². The summed E-state index contributed by atoms with van der Waals surface area (Å²) in [5.41, 5.74) is 5.55. The molecule has 1 N–H and O–H groups in total. The van der Waals surface area contributed by atoms with Crippen LogP contribution in [0.4, 0.5) is 5.82 Å². The molecule has 0 radical (unpaired) electrons. The minimum Gasteiger partial charge on any atom is -0.468 e.